The summed E-state index contributed by atoms with van der Waals surface area (Å²) in [7, 11) is 0. The molecule has 18 heavy (non-hydrogen) atoms. The van der Waals surface area contributed by atoms with E-state index < -0.39 is 0 Å². The summed E-state index contributed by atoms with van der Waals surface area (Å²) in [6, 6.07) is 14.6. The van der Waals surface area contributed by atoms with Crippen molar-refractivity contribution in [3.8, 4) is 11.5 Å². The van der Waals surface area contributed by atoms with Gasteiger partial charge in [0.05, 0.1) is 0 Å². The quantitative estimate of drug-likeness (QED) is 0.625. The van der Waals surface area contributed by atoms with E-state index in [1.54, 1.807) is 18.2 Å². The minimum Gasteiger partial charge on any atom is -0.490 e. The van der Waals surface area contributed by atoms with Gasteiger partial charge in [-0.3, -0.25) is 0 Å². The Hall–Kier alpha value is -2.36. The summed E-state index contributed by atoms with van der Waals surface area (Å²) in [4.78, 5) is 0. The van der Waals surface area contributed by atoms with Crippen LogP contribution in [0.15, 0.2) is 48.5 Å². The van der Waals surface area contributed by atoms with Crippen LogP contribution in [0.1, 0.15) is 0 Å². The van der Waals surface area contributed by atoms with Crippen LogP contribution in [0.2, 0.25) is 0 Å². The molecule has 2 rings (SSSR count). The second-order valence-corrected chi connectivity index (χ2v) is 3.84. The Morgan fingerprint density at radius 3 is 2.06 bits per heavy atom. The highest BCUT2D eigenvalue weighted by atomic mass is 16.5. The molecule has 0 aliphatic heterocycles. The van der Waals surface area contributed by atoms with E-state index in [2.05, 4.69) is 0 Å². The van der Waals surface area contributed by atoms with Gasteiger partial charge >= 0.3 is 0 Å². The van der Waals surface area contributed by atoms with Crippen molar-refractivity contribution in [3.05, 3.63) is 48.5 Å². The molecule has 0 saturated carbocycles. The molecule has 0 amide bonds. The number of nitrogens with two attached hydrogens (primary N) is 2. The van der Waals surface area contributed by atoms with Crippen molar-refractivity contribution < 1.29 is 9.47 Å². The summed E-state index contributed by atoms with van der Waals surface area (Å²) in [5.41, 5.74) is 12.6. The molecular formula is C14H16N2O2. The maximum absolute atomic E-state index is 5.64. The number of nitrogen functional groups attached to an aromatic ring is 2. The molecule has 0 atom stereocenters. The van der Waals surface area contributed by atoms with E-state index in [-0.39, 0.29) is 0 Å². The molecule has 0 heterocycles. The van der Waals surface area contributed by atoms with Crippen LogP contribution in [0, 0.1) is 0 Å². The van der Waals surface area contributed by atoms with E-state index in [4.69, 9.17) is 20.9 Å². The van der Waals surface area contributed by atoms with Crippen LogP contribution in [-0.2, 0) is 0 Å². The zero-order valence-corrected chi connectivity index (χ0v) is 10.0. The zero-order chi connectivity index (χ0) is 12.8. The Balaban J connectivity index is 1.74. The summed E-state index contributed by atoms with van der Waals surface area (Å²) >= 11 is 0. The molecule has 0 bridgehead atoms. The molecule has 0 aliphatic rings. The lowest BCUT2D eigenvalue weighted by atomic mass is 10.3. The number of anilines is 2. The fraction of sp³-hybridized carbons (Fsp3) is 0.143. The number of ether oxygens (including phenoxy) is 2. The standard InChI is InChI=1S/C14H16N2O2/c15-11-4-6-13(7-5-11)17-8-9-18-14-3-1-2-12(16)10-14/h1-7,10H,8-9,15-16H2. The van der Waals surface area contributed by atoms with Crippen LogP contribution in [0.4, 0.5) is 11.4 Å². The third-order valence-corrected chi connectivity index (χ3v) is 2.36. The molecule has 0 saturated heterocycles. The SMILES string of the molecule is Nc1ccc(OCCOc2cccc(N)c2)cc1. The van der Waals surface area contributed by atoms with Crippen LogP contribution in [0.25, 0.3) is 0 Å². The van der Waals surface area contributed by atoms with Gasteiger partial charge in [-0.05, 0) is 36.4 Å². The van der Waals surface area contributed by atoms with Gasteiger partial charge in [0.15, 0.2) is 0 Å². The topological polar surface area (TPSA) is 70.5 Å². The summed E-state index contributed by atoms with van der Waals surface area (Å²) < 4.78 is 11.0. The number of benzene rings is 2. The number of hydrogen-bond donors (Lipinski definition) is 2. The first-order valence-corrected chi connectivity index (χ1v) is 5.71. The van der Waals surface area contributed by atoms with Gasteiger partial charge in [-0.2, -0.15) is 0 Å². The largest absolute Gasteiger partial charge is 0.490 e. The summed E-state index contributed by atoms with van der Waals surface area (Å²) in [6.07, 6.45) is 0. The minimum absolute atomic E-state index is 0.466. The highest BCUT2D eigenvalue weighted by molar-refractivity contribution is 5.43. The molecule has 0 aliphatic carbocycles. The van der Waals surface area contributed by atoms with Crippen molar-refractivity contribution in [2.24, 2.45) is 0 Å². The summed E-state index contributed by atoms with van der Waals surface area (Å²) in [5, 5.41) is 0. The predicted molar refractivity (Wildman–Crippen MR) is 72.7 cm³/mol. The average Bonchev–Trinajstić information content (AvgIpc) is 2.37. The molecule has 2 aromatic carbocycles. The second-order valence-electron chi connectivity index (χ2n) is 3.84. The number of hydrogen-bond acceptors (Lipinski definition) is 4. The van der Waals surface area contributed by atoms with Crippen molar-refractivity contribution in [3.63, 3.8) is 0 Å². The lowest BCUT2D eigenvalue weighted by Gasteiger charge is -2.08. The monoisotopic (exact) mass is 244 g/mol. The van der Waals surface area contributed by atoms with E-state index in [1.165, 1.54) is 0 Å². The van der Waals surface area contributed by atoms with Crippen LogP contribution >= 0.6 is 0 Å². The van der Waals surface area contributed by atoms with Crippen LogP contribution in [-0.4, -0.2) is 13.2 Å². The van der Waals surface area contributed by atoms with Gasteiger partial charge in [0, 0.05) is 17.4 Å². The fourth-order valence-corrected chi connectivity index (χ4v) is 1.49. The Morgan fingerprint density at radius 2 is 1.39 bits per heavy atom. The van der Waals surface area contributed by atoms with Crippen molar-refractivity contribution in [2.45, 2.75) is 0 Å². The Bertz CT molecular complexity index is 497. The van der Waals surface area contributed by atoms with Gasteiger partial charge in [0.25, 0.3) is 0 Å². The predicted octanol–water partition coefficient (Wildman–Crippen LogP) is 2.31. The molecule has 4 nitrogen and oxygen atoms in total. The average molecular weight is 244 g/mol. The van der Waals surface area contributed by atoms with Crippen LogP contribution in [0.5, 0.6) is 11.5 Å². The normalized spacial score (nSPS) is 10.0. The fourth-order valence-electron chi connectivity index (χ4n) is 1.49. The smallest absolute Gasteiger partial charge is 0.122 e. The molecule has 4 N–H and O–H groups in total. The number of rotatable bonds is 5. The maximum Gasteiger partial charge on any atom is 0.122 e. The second kappa shape index (κ2) is 5.82. The minimum atomic E-state index is 0.466. The molecule has 0 radical (unpaired) electrons. The lowest BCUT2D eigenvalue weighted by Crippen LogP contribution is -2.09. The third kappa shape index (κ3) is 3.59. The van der Waals surface area contributed by atoms with Gasteiger partial charge in [-0.15, -0.1) is 0 Å². The molecule has 94 valence electrons. The zero-order valence-electron chi connectivity index (χ0n) is 10.0. The Morgan fingerprint density at radius 1 is 0.722 bits per heavy atom. The molecule has 4 heteroatoms. The molecule has 0 unspecified atom stereocenters. The van der Waals surface area contributed by atoms with Crippen molar-refractivity contribution in [2.75, 3.05) is 24.7 Å². The van der Waals surface area contributed by atoms with E-state index in [1.807, 2.05) is 30.3 Å². The van der Waals surface area contributed by atoms with E-state index in [0.29, 0.717) is 18.9 Å². The van der Waals surface area contributed by atoms with Gasteiger partial charge < -0.3 is 20.9 Å². The van der Waals surface area contributed by atoms with E-state index >= 15 is 0 Å². The van der Waals surface area contributed by atoms with Gasteiger partial charge in [0.1, 0.15) is 24.7 Å². The van der Waals surface area contributed by atoms with Gasteiger partial charge in [-0.1, -0.05) is 6.07 Å². The first kappa shape index (κ1) is 12.1. The summed E-state index contributed by atoms with van der Waals surface area (Å²) in [5.74, 6) is 1.52. The van der Waals surface area contributed by atoms with E-state index in [0.717, 1.165) is 17.2 Å². The van der Waals surface area contributed by atoms with Crippen molar-refractivity contribution in [1.82, 2.24) is 0 Å². The van der Waals surface area contributed by atoms with E-state index in [9.17, 15) is 0 Å². The molecule has 0 aromatic heterocycles. The molecular weight excluding hydrogens is 228 g/mol. The molecule has 2 aromatic rings. The Labute approximate surface area is 106 Å². The first-order chi connectivity index (χ1) is 8.74. The first-order valence-electron chi connectivity index (χ1n) is 5.71. The Kier molecular flexibility index (Phi) is 3.91. The third-order valence-electron chi connectivity index (χ3n) is 2.36. The van der Waals surface area contributed by atoms with Gasteiger partial charge in [0.2, 0.25) is 0 Å². The van der Waals surface area contributed by atoms with Crippen molar-refractivity contribution in [1.29, 1.82) is 0 Å². The molecule has 0 fully saturated rings. The molecule has 0 spiro atoms. The maximum atomic E-state index is 5.64. The highest BCUT2D eigenvalue weighted by Crippen LogP contribution is 2.15. The summed E-state index contributed by atoms with van der Waals surface area (Å²) in [6.45, 7) is 0.937. The van der Waals surface area contributed by atoms with Crippen LogP contribution in [0.3, 0.4) is 0 Å². The highest BCUT2D eigenvalue weighted by Gasteiger charge is 1.96. The van der Waals surface area contributed by atoms with Crippen LogP contribution < -0.4 is 20.9 Å². The van der Waals surface area contributed by atoms with Gasteiger partial charge in [-0.25, -0.2) is 0 Å². The lowest BCUT2D eigenvalue weighted by molar-refractivity contribution is 0.217. The van der Waals surface area contributed by atoms with Crippen molar-refractivity contribution >= 4 is 11.4 Å².